The van der Waals surface area contributed by atoms with Crippen molar-refractivity contribution in [2.75, 3.05) is 13.2 Å². The van der Waals surface area contributed by atoms with Gasteiger partial charge in [0.2, 0.25) is 0 Å². The lowest BCUT2D eigenvalue weighted by Crippen LogP contribution is -2.32. The van der Waals surface area contributed by atoms with Gasteiger partial charge in [0.1, 0.15) is 5.60 Å². The monoisotopic (exact) mass is 279 g/mol. The smallest absolute Gasteiger partial charge is 0.407 e. The van der Waals surface area contributed by atoms with Gasteiger partial charge in [0.15, 0.2) is 6.29 Å². The molecule has 0 atom stereocenters. The van der Waals surface area contributed by atoms with Crippen LogP contribution in [0.1, 0.15) is 38.2 Å². The number of hydrogen-bond acceptors (Lipinski definition) is 4. The molecule has 0 aliphatic carbocycles. The van der Waals surface area contributed by atoms with E-state index < -0.39 is 11.7 Å². The summed E-state index contributed by atoms with van der Waals surface area (Å²) in [6, 6.07) is 7.78. The molecule has 0 unspecified atom stereocenters. The van der Waals surface area contributed by atoms with Gasteiger partial charge in [-0.15, -0.1) is 0 Å². The highest BCUT2D eigenvalue weighted by Gasteiger charge is 2.18. The number of nitrogens with one attached hydrogen (secondary N) is 1. The third-order valence-electron chi connectivity index (χ3n) is 2.71. The molecule has 1 saturated heterocycles. The molecule has 1 aliphatic heterocycles. The number of carbonyl (C=O) groups is 1. The molecule has 0 spiro atoms. The van der Waals surface area contributed by atoms with E-state index in [9.17, 15) is 4.79 Å². The van der Waals surface area contributed by atoms with Gasteiger partial charge in [-0.1, -0.05) is 24.3 Å². The van der Waals surface area contributed by atoms with Crippen molar-refractivity contribution in [1.82, 2.24) is 5.32 Å². The fourth-order valence-electron chi connectivity index (χ4n) is 1.83. The number of hydrogen-bond donors (Lipinski definition) is 1. The Labute approximate surface area is 119 Å². The normalized spacial score (nSPS) is 16.1. The van der Waals surface area contributed by atoms with E-state index in [1.165, 1.54) is 0 Å². The third kappa shape index (κ3) is 4.51. The van der Waals surface area contributed by atoms with Crippen LogP contribution in [0.25, 0.3) is 0 Å². The molecule has 1 heterocycles. The summed E-state index contributed by atoms with van der Waals surface area (Å²) in [4.78, 5) is 11.5. The topological polar surface area (TPSA) is 56.8 Å². The van der Waals surface area contributed by atoms with E-state index in [0.717, 1.165) is 11.1 Å². The van der Waals surface area contributed by atoms with Crippen LogP contribution in [0.5, 0.6) is 0 Å². The molecule has 1 fully saturated rings. The molecule has 2 rings (SSSR count). The molecule has 5 heteroatoms. The van der Waals surface area contributed by atoms with Crippen molar-refractivity contribution >= 4 is 6.09 Å². The van der Waals surface area contributed by atoms with Crippen LogP contribution in [0, 0.1) is 0 Å². The van der Waals surface area contributed by atoms with Crippen molar-refractivity contribution in [2.45, 2.75) is 39.2 Å². The largest absolute Gasteiger partial charge is 0.444 e. The molecule has 1 aromatic carbocycles. The number of carbonyl (C=O) groups excluding carboxylic acids is 1. The minimum absolute atomic E-state index is 0.261. The van der Waals surface area contributed by atoms with Crippen LogP contribution in [0.4, 0.5) is 4.79 Å². The molecule has 0 radical (unpaired) electrons. The summed E-state index contributed by atoms with van der Waals surface area (Å²) in [5, 5.41) is 2.72. The first-order valence-electron chi connectivity index (χ1n) is 6.73. The molecule has 1 N–H and O–H groups in total. The zero-order chi connectivity index (χ0) is 14.6. The summed E-state index contributed by atoms with van der Waals surface area (Å²) >= 11 is 0. The van der Waals surface area contributed by atoms with E-state index in [1.54, 1.807) is 0 Å². The third-order valence-corrected chi connectivity index (χ3v) is 2.71. The van der Waals surface area contributed by atoms with E-state index in [4.69, 9.17) is 14.2 Å². The molecule has 110 valence electrons. The van der Waals surface area contributed by atoms with Crippen molar-refractivity contribution < 1.29 is 19.0 Å². The number of benzene rings is 1. The van der Waals surface area contributed by atoms with Gasteiger partial charge in [-0.25, -0.2) is 4.79 Å². The lowest BCUT2D eigenvalue weighted by molar-refractivity contribution is -0.0441. The number of ether oxygens (including phenoxy) is 3. The quantitative estimate of drug-likeness (QED) is 0.924. The van der Waals surface area contributed by atoms with Crippen LogP contribution in [0.2, 0.25) is 0 Å². The average molecular weight is 279 g/mol. The first-order chi connectivity index (χ1) is 9.44. The Hall–Kier alpha value is -1.59. The van der Waals surface area contributed by atoms with Crippen LogP contribution in [0.15, 0.2) is 24.3 Å². The Balaban J connectivity index is 1.83. The SMILES string of the molecule is CC(C)(C)OC(=O)NCc1ccc(C2OCCO2)cc1. The van der Waals surface area contributed by atoms with E-state index in [0.29, 0.717) is 19.8 Å². The fourth-order valence-corrected chi connectivity index (χ4v) is 1.83. The predicted octanol–water partition coefficient (Wildman–Crippen LogP) is 2.76. The van der Waals surface area contributed by atoms with Crippen LogP contribution < -0.4 is 5.32 Å². The maximum atomic E-state index is 11.5. The number of alkyl carbamates (subject to hydrolysis) is 1. The van der Waals surface area contributed by atoms with E-state index in [2.05, 4.69) is 5.32 Å². The molecule has 5 nitrogen and oxygen atoms in total. The molecule has 1 amide bonds. The van der Waals surface area contributed by atoms with Crippen molar-refractivity contribution in [3.8, 4) is 0 Å². The molecule has 0 aromatic heterocycles. The van der Waals surface area contributed by atoms with Gasteiger partial charge in [-0.05, 0) is 26.3 Å². The van der Waals surface area contributed by atoms with Gasteiger partial charge < -0.3 is 19.5 Å². The van der Waals surface area contributed by atoms with Crippen molar-refractivity contribution in [2.24, 2.45) is 0 Å². The molecule has 1 aromatic rings. The van der Waals surface area contributed by atoms with Crippen LogP contribution >= 0.6 is 0 Å². The Bertz CT molecular complexity index is 444. The Morgan fingerprint density at radius 1 is 1.25 bits per heavy atom. The second-order valence-electron chi connectivity index (χ2n) is 5.67. The van der Waals surface area contributed by atoms with Gasteiger partial charge in [-0.2, -0.15) is 0 Å². The molecule has 0 bridgehead atoms. The summed E-state index contributed by atoms with van der Waals surface area (Å²) in [6.45, 7) is 7.20. The lowest BCUT2D eigenvalue weighted by Gasteiger charge is -2.19. The van der Waals surface area contributed by atoms with Crippen LogP contribution in [-0.2, 0) is 20.8 Å². The number of rotatable bonds is 3. The Morgan fingerprint density at radius 2 is 1.85 bits per heavy atom. The average Bonchev–Trinajstić information content (AvgIpc) is 2.89. The molecule has 0 saturated carbocycles. The molecular formula is C15H21NO4. The minimum Gasteiger partial charge on any atom is -0.444 e. The Morgan fingerprint density at radius 3 is 2.40 bits per heavy atom. The fraction of sp³-hybridized carbons (Fsp3) is 0.533. The standard InChI is InChI=1S/C15H21NO4/c1-15(2,3)20-14(17)16-10-11-4-6-12(7-5-11)13-18-8-9-19-13/h4-7,13H,8-10H2,1-3H3,(H,16,17). The highest BCUT2D eigenvalue weighted by Crippen LogP contribution is 2.23. The minimum atomic E-state index is -0.481. The maximum absolute atomic E-state index is 11.5. The number of amides is 1. The first-order valence-corrected chi connectivity index (χ1v) is 6.73. The second kappa shape index (κ2) is 6.24. The predicted molar refractivity (Wildman–Crippen MR) is 74.2 cm³/mol. The van der Waals surface area contributed by atoms with Gasteiger partial charge in [0.05, 0.1) is 13.2 Å². The van der Waals surface area contributed by atoms with Crippen molar-refractivity contribution in [3.63, 3.8) is 0 Å². The molecule has 1 aliphatic rings. The molecular weight excluding hydrogens is 258 g/mol. The van der Waals surface area contributed by atoms with Gasteiger partial charge in [0, 0.05) is 12.1 Å². The molecule has 20 heavy (non-hydrogen) atoms. The van der Waals surface area contributed by atoms with Crippen molar-refractivity contribution in [1.29, 1.82) is 0 Å². The van der Waals surface area contributed by atoms with Crippen LogP contribution in [0.3, 0.4) is 0 Å². The lowest BCUT2D eigenvalue weighted by atomic mass is 10.1. The van der Waals surface area contributed by atoms with Crippen molar-refractivity contribution in [3.05, 3.63) is 35.4 Å². The van der Waals surface area contributed by atoms with Crippen LogP contribution in [-0.4, -0.2) is 24.9 Å². The summed E-state index contributed by atoms with van der Waals surface area (Å²) in [7, 11) is 0. The summed E-state index contributed by atoms with van der Waals surface area (Å²) in [5.41, 5.74) is 1.51. The highest BCUT2D eigenvalue weighted by atomic mass is 16.7. The van der Waals surface area contributed by atoms with Gasteiger partial charge >= 0.3 is 6.09 Å². The van der Waals surface area contributed by atoms with E-state index >= 15 is 0 Å². The zero-order valence-corrected chi connectivity index (χ0v) is 12.1. The summed E-state index contributed by atoms with van der Waals surface area (Å²) in [6.07, 6.45) is -0.674. The highest BCUT2D eigenvalue weighted by molar-refractivity contribution is 5.67. The zero-order valence-electron chi connectivity index (χ0n) is 12.1. The van der Waals surface area contributed by atoms with Gasteiger partial charge in [0.25, 0.3) is 0 Å². The van der Waals surface area contributed by atoms with E-state index in [-0.39, 0.29) is 6.29 Å². The first kappa shape index (κ1) is 14.8. The summed E-state index contributed by atoms with van der Waals surface area (Å²) in [5.74, 6) is 0. The van der Waals surface area contributed by atoms with E-state index in [1.807, 2.05) is 45.0 Å². The second-order valence-corrected chi connectivity index (χ2v) is 5.67. The van der Waals surface area contributed by atoms with Gasteiger partial charge in [-0.3, -0.25) is 0 Å². The Kier molecular flexibility index (Phi) is 4.62. The maximum Gasteiger partial charge on any atom is 0.407 e. The summed E-state index contributed by atoms with van der Waals surface area (Å²) < 4.78 is 16.0.